The zero-order valence-electron chi connectivity index (χ0n) is 21.2. The Bertz CT molecular complexity index is 1400. The maximum Gasteiger partial charge on any atom is 0.285 e. The molecule has 14 heteroatoms. The molecule has 0 saturated heterocycles. The van der Waals surface area contributed by atoms with Gasteiger partial charge in [-0.2, -0.15) is 0 Å². The average Bonchev–Trinajstić information content (AvgIpc) is 2.88. The molecule has 0 bridgehead atoms. The lowest BCUT2D eigenvalue weighted by Gasteiger charge is -2.13. The number of benzene rings is 3. The summed E-state index contributed by atoms with van der Waals surface area (Å²) in [4.78, 5) is 45.6. The van der Waals surface area contributed by atoms with Crippen LogP contribution < -0.4 is 4.74 Å². The highest BCUT2D eigenvalue weighted by atomic mass is 19.2. The van der Waals surface area contributed by atoms with E-state index in [2.05, 4.69) is 0 Å². The van der Waals surface area contributed by atoms with Gasteiger partial charge in [-0.1, -0.05) is 30.3 Å². The van der Waals surface area contributed by atoms with Gasteiger partial charge in [0.1, 0.15) is 17.7 Å². The Morgan fingerprint density at radius 3 is 1.64 bits per heavy atom. The second-order valence-corrected chi connectivity index (χ2v) is 8.27. The first-order valence-electron chi connectivity index (χ1n) is 11.0. The summed E-state index contributed by atoms with van der Waals surface area (Å²) in [5.74, 6) is -5.10. The van der Waals surface area contributed by atoms with Crippen molar-refractivity contribution in [2.75, 3.05) is 28.2 Å². The molecule has 3 rings (SSSR count). The molecule has 11 nitrogen and oxygen atoms in total. The van der Waals surface area contributed by atoms with E-state index >= 15 is 0 Å². The molecule has 0 saturated carbocycles. The molecule has 0 aliphatic rings. The van der Waals surface area contributed by atoms with Crippen LogP contribution in [0.25, 0.3) is 0 Å². The number of ether oxygens (including phenoxy) is 1. The van der Waals surface area contributed by atoms with Gasteiger partial charge >= 0.3 is 0 Å². The van der Waals surface area contributed by atoms with E-state index in [1.54, 1.807) is 12.1 Å². The van der Waals surface area contributed by atoms with Crippen LogP contribution in [-0.4, -0.2) is 59.7 Å². The van der Waals surface area contributed by atoms with Crippen molar-refractivity contribution in [1.82, 2.24) is 9.80 Å². The van der Waals surface area contributed by atoms with Crippen molar-refractivity contribution in [2.24, 2.45) is 0 Å². The zero-order chi connectivity index (χ0) is 29.4. The maximum atomic E-state index is 14.0. The highest BCUT2D eigenvalue weighted by Gasteiger charge is 2.26. The lowest BCUT2D eigenvalue weighted by Crippen LogP contribution is -2.23. The van der Waals surface area contributed by atoms with Gasteiger partial charge < -0.3 is 14.5 Å². The van der Waals surface area contributed by atoms with E-state index in [4.69, 9.17) is 4.74 Å². The number of rotatable bonds is 7. The second kappa shape index (κ2) is 13.0. The summed E-state index contributed by atoms with van der Waals surface area (Å²) >= 11 is 0. The fourth-order valence-corrected chi connectivity index (χ4v) is 3.05. The average molecular weight is 548 g/mol. The molecule has 206 valence electrons. The number of nitro groups is 2. The summed E-state index contributed by atoms with van der Waals surface area (Å²) in [6, 6.07) is 11.8. The summed E-state index contributed by atoms with van der Waals surface area (Å²) in [5.41, 5.74) is -1.23. The Morgan fingerprint density at radius 1 is 0.744 bits per heavy atom. The standard InChI is InChI=1S/C16H15FN2O4.C9H8F2N2O3/c1-18(2)16(20)12-8-15(13(17)9-14(12)19(21)22)23-10-11-6-4-3-5-7-11;1-12(2)9(14)5-3-6(10)7(11)4-8(5)13(15)16/h3-9H,10H2,1-2H3;3-4H,1-2H3. The highest BCUT2D eigenvalue weighted by molar-refractivity contribution is 5.98. The van der Waals surface area contributed by atoms with Gasteiger partial charge in [0.15, 0.2) is 23.2 Å². The van der Waals surface area contributed by atoms with Gasteiger partial charge in [0, 0.05) is 34.3 Å². The predicted octanol–water partition coefficient (Wildman–Crippen LogP) is 4.59. The van der Waals surface area contributed by atoms with Crippen molar-refractivity contribution in [1.29, 1.82) is 0 Å². The van der Waals surface area contributed by atoms with E-state index in [1.165, 1.54) is 33.1 Å². The molecule has 0 N–H and O–H groups in total. The second-order valence-electron chi connectivity index (χ2n) is 8.27. The number of nitrogens with zero attached hydrogens (tertiary/aromatic N) is 4. The number of halogens is 3. The third kappa shape index (κ3) is 7.74. The van der Waals surface area contributed by atoms with Gasteiger partial charge in [0.2, 0.25) is 0 Å². The van der Waals surface area contributed by atoms with Crippen molar-refractivity contribution in [2.45, 2.75) is 6.61 Å². The maximum absolute atomic E-state index is 14.0. The molecule has 0 spiro atoms. The largest absolute Gasteiger partial charge is 0.486 e. The van der Waals surface area contributed by atoms with Crippen LogP contribution in [0.3, 0.4) is 0 Å². The summed E-state index contributed by atoms with van der Waals surface area (Å²) in [5, 5.41) is 21.6. The van der Waals surface area contributed by atoms with Crippen molar-refractivity contribution >= 4 is 23.2 Å². The Morgan fingerprint density at radius 2 is 1.18 bits per heavy atom. The van der Waals surface area contributed by atoms with Gasteiger partial charge in [-0.05, 0) is 11.6 Å². The first kappa shape index (κ1) is 30.2. The smallest absolute Gasteiger partial charge is 0.285 e. The fraction of sp³-hybridized carbons (Fsp3) is 0.200. The molecule has 0 aliphatic carbocycles. The molecule has 0 aromatic heterocycles. The molecule has 0 heterocycles. The molecule has 0 fully saturated rings. The molecule has 3 aromatic rings. The Balaban J connectivity index is 0.000000293. The van der Waals surface area contributed by atoms with Crippen LogP contribution >= 0.6 is 0 Å². The van der Waals surface area contributed by atoms with E-state index in [0.29, 0.717) is 18.2 Å². The van der Waals surface area contributed by atoms with Crippen molar-refractivity contribution in [3.05, 3.63) is 109 Å². The van der Waals surface area contributed by atoms with Crippen molar-refractivity contribution in [3.63, 3.8) is 0 Å². The van der Waals surface area contributed by atoms with Gasteiger partial charge in [-0.25, -0.2) is 13.2 Å². The predicted molar refractivity (Wildman–Crippen MR) is 133 cm³/mol. The monoisotopic (exact) mass is 548 g/mol. The molecule has 3 aromatic carbocycles. The molecule has 2 amide bonds. The van der Waals surface area contributed by atoms with Crippen LogP contribution in [0.5, 0.6) is 5.75 Å². The molecule has 0 aliphatic heterocycles. The van der Waals surface area contributed by atoms with E-state index in [9.17, 15) is 43.0 Å². The molecule has 0 unspecified atom stereocenters. The van der Waals surface area contributed by atoms with E-state index < -0.39 is 56.1 Å². The van der Waals surface area contributed by atoms with E-state index in [1.807, 2.05) is 18.2 Å². The number of carbonyl (C=O) groups excluding carboxylic acids is 2. The first-order chi connectivity index (χ1) is 18.2. The molecule has 39 heavy (non-hydrogen) atoms. The van der Waals surface area contributed by atoms with E-state index in [0.717, 1.165) is 16.5 Å². The summed E-state index contributed by atoms with van der Waals surface area (Å²) in [6.07, 6.45) is 0. The van der Waals surface area contributed by atoms with Crippen LogP contribution in [0, 0.1) is 37.7 Å². The Kier molecular flexibility index (Phi) is 10.1. The van der Waals surface area contributed by atoms with Crippen LogP contribution in [0.4, 0.5) is 24.5 Å². The lowest BCUT2D eigenvalue weighted by atomic mass is 10.1. The van der Waals surface area contributed by atoms with Gasteiger partial charge in [-0.15, -0.1) is 0 Å². The minimum Gasteiger partial charge on any atom is -0.486 e. The fourth-order valence-electron chi connectivity index (χ4n) is 3.05. The normalized spacial score (nSPS) is 10.1. The third-order valence-electron chi connectivity index (χ3n) is 4.99. The number of hydrogen-bond acceptors (Lipinski definition) is 7. The number of hydrogen-bond donors (Lipinski definition) is 0. The van der Waals surface area contributed by atoms with Crippen LogP contribution in [0.2, 0.25) is 0 Å². The zero-order valence-corrected chi connectivity index (χ0v) is 21.2. The summed E-state index contributed by atoms with van der Waals surface area (Å²) in [7, 11) is 5.63. The SMILES string of the molecule is CN(C)C(=O)c1cc(F)c(F)cc1[N+](=O)[O-].CN(C)C(=O)c1cc(OCc2ccccc2)c(F)cc1[N+](=O)[O-]. The van der Waals surface area contributed by atoms with Crippen LogP contribution in [0.15, 0.2) is 54.6 Å². The Hall–Kier alpha value is -5.01. The minimum absolute atomic E-state index is 0.0885. The molecular formula is C25H23F3N4O7. The van der Waals surface area contributed by atoms with Crippen LogP contribution in [0.1, 0.15) is 26.3 Å². The lowest BCUT2D eigenvalue weighted by molar-refractivity contribution is -0.385. The number of nitro benzene ring substituents is 2. The van der Waals surface area contributed by atoms with Crippen molar-refractivity contribution in [3.8, 4) is 5.75 Å². The Labute approximate surface area is 220 Å². The molecule has 0 atom stereocenters. The molecular weight excluding hydrogens is 525 g/mol. The summed E-state index contributed by atoms with van der Waals surface area (Å²) in [6.45, 7) is 0.0885. The van der Waals surface area contributed by atoms with Gasteiger partial charge in [0.05, 0.1) is 22.0 Å². The first-order valence-corrected chi connectivity index (χ1v) is 11.0. The topological polar surface area (TPSA) is 136 Å². The van der Waals surface area contributed by atoms with E-state index in [-0.39, 0.29) is 17.9 Å². The quantitative estimate of drug-likeness (QED) is 0.311. The van der Waals surface area contributed by atoms with Crippen molar-refractivity contribution < 1.29 is 37.3 Å². The minimum atomic E-state index is -1.36. The van der Waals surface area contributed by atoms with Gasteiger partial charge in [-0.3, -0.25) is 29.8 Å². The van der Waals surface area contributed by atoms with Gasteiger partial charge in [0.25, 0.3) is 23.2 Å². The molecule has 0 radical (unpaired) electrons. The third-order valence-corrected chi connectivity index (χ3v) is 4.99. The van der Waals surface area contributed by atoms with Crippen LogP contribution in [-0.2, 0) is 6.61 Å². The number of amides is 2. The number of carbonyl (C=O) groups is 2. The highest BCUT2D eigenvalue weighted by Crippen LogP contribution is 2.29. The summed E-state index contributed by atoms with van der Waals surface area (Å²) < 4.78 is 45.0.